The molecular weight excluding hydrogens is 621 g/mol. The molecule has 0 N–H and O–H groups in total. The van der Waals surface area contributed by atoms with Gasteiger partial charge in [-0.2, -0.15) is 4.57 Å². The van der Waals surface area contributed by atoms with E-state index in [-0.39, 0.29) is 32.7 Å². The second-order valence-corrected chi connectivity index (χ2v) is 12.9. The maximum absolute atomic E-state index is 2.43. The van der Waals surface area contributed by atoms with Gasteiger partial charge in [-0.3, -0.25) is 4.90 Å². The van der Waals surface area contributed by atoms with E-state index in [0.717, 1.165) is 30.5 Å². The van der Waals surface area contributed by atoms with Gasteiger partial charge in [-0.15, -0.1) is 0 Å². The van der Waals surface area contributed by atoms with Gasteiger partial charge < -0.3 is 9.38 Å². The van der Waals surface area contributed by atoms with E-state index in [1.165, 1.54) is 49.1 Å². The minimum atomic E-state index is 0. The summed E-state index contributed by atoms with van der Waals surface area (Å²) in [5.74, 6) is 1.20. The number of hydrogen-bond acceptors (Lipinski definition) is 3. The first kappa shape index (κ1) is 31.5. The van der Waals surface area contributed by atoms with Crippen molar-refractivity contribution in [3.63, 3.8) is 0 Å². The standard InChI is InChI=1S/C37H40N4S.Y/c1-38(24-15-25-41(3,4)28-29-16-7-5-8-17-29)36-26-30(27-37-39(2)34-22-13-14-23-35(34)42-37)32-20-11-12-21-33(32)40(36)31-18-9-6-10-19-31;/h5-14,16-23,26-27H,15,24-25,28H2,1-4H3;/q+2;. The quantitative estimate of drug-likeness (QED) is 0.118. The van der Waals surface area contributed by atoms with Gasteiger partial charge in [0.1, 0.15) is 17.7 Å². The molecular formula is C37H40N4SY+2. The van der Waals surface area contributed by atoms with Gasteiger partial charge in [0.25, 0.3) is 5.82 Å². The minimum Gasteiger partial charge on any atom is -0.338 e. The second-order valence-electron chi connectivity index (χ2n) is 11.8. The summed E-state index contributed by atoms with van der Waals surface area (Å²) in [6.45, 7) is 3.11. The molecule has 1 aromatic heterocycles. The summed E-state index contributed by atoms with van der Waals surface area (Å²) in [5.41, 5.74) is 6.28. The number of pyridine rings is 1. The Labute approximate surface area is 286 Å². The number of rotatable bonds is 9. The average molecular weight is 662 g/mol. The SMILES string of the molecule is CN(CCC[N+](C)(C)Cc1ccccc1)c1cc(C=C2Sc3ccccc3N2C)c2ccccc2[n+]1-c1ccccc1.[Y]. The van der Waals surface area contributed by atoms with Crippen LogP contribution in [0.4, 0.5) is 11.5 Å². The van der Waals surface area contributed by atoms with Gasteiger partial charge in [-0.05, 0) is 42.0 Å². The van der Waals surface area contributed by atoms with E-state index in [9.17, 15) is 0 Å². The van der Waals surface area contributed by atoms with E-state index in [2.05, 4.69) is 164 Å². The van der Waals surface area contributed by atoms with Crippen molar-refractivity contribution in [1.82, 2.24) is 0 Å². The Bertz CT molecular complexity index is 1720. The second kappa shape index (κ2) is 13.8. The van der Waals surface area contributed by atoms with Crippen molar-refractivity contribution in [3.8, 4) is 5.69 Å². The largest absolute Gasteiger partial charge is 0.338 e. The number of thioether (sulfide) groups is 1. The predicted octanol–water partition coefficient (Wildman–Crippen LogP) is 7.76. The molecule has 0 aliphatic carbocycles. The molecule has 0 spiro atoms. The maximum Gasteiger partial charge on any atom is 0.282 e. The van der Waals surface area contributed by atoms with Crippen LogP contribution in [-0.4, -0.2) is 45.8 Å². The van der Waals surface area contributed by atoms with Crippen LogP contribution in [0.25, 0.3) is 22.7 Å². The van der Waals surface area contributed by atoms with E-state index < -0.39 is 0 Å². The number of para-hydroxylation sites is 3. The number of hydrogen-bond donors (Lipinski definition) is 0. The predicted molar refractivity (Wildman–Crippen MR) is 179 cm³/mol. The van der Waals surface area contributed by atoms with Gasteiger partial charge in [0.15, 0.2) is 0 Å². The molecule has 1 radical (unpaired) electrons. The van der Waals surface area contributed by atoms with Crippen LogP contribution in [0.1, 0.15) is 17.5 Å². The number of benzene rings is 4. The zero-order valence-corrected chi connectivity index (χ0v) is 29.3. The normalized spacial score (nSPS) is 13.7. The molecule has 43 heavy (non-hydrogen) atoms. The van der Waals surface area contributed by atoms with E-state index in [4.69, 9.17) is 0 Å². The molecule has 0 bridgehead atoms. The first-order valence-electron chi connectivity index (χ1n) is 14.7. The summed E-state index contributed by atoms with van der Waals surface area (Å²) in [7, 11) is 9.09. The third kappa shape index (κ3) is 7.07. The number of nitrogens with zero attached hydrogens (tertiary/aromatic N) is 4. The van der Waals surface area contributed by atoms with Crippen molar-refractivity contribution in [2.75, 3.05) is 51.1 Å². The van der Waals surface area contributed by atoms with Crippen LogP contribution in [0.5, 0.6) is 0 Å². The fraction of sp³-hybridized carbons (Fsp3) is 0.216. The third-order valence-electron chi connectivity index (χ3n) is 8.14. The monoisotopic (exact) mass is 661 g/mol. The molecule has 0 amide bonds. The summed E-state index contributed by atoms with van der Waals surface area (Å²) in [6.07, 6.45) is 3.46. The summed E-state index contributed by atoms with van der Waals surface area (Å²) in [6, 6.07) is 41.4. The number of anilines is 2. The Morgan fingerprint density at radius 3 is 2.23 bits per heavy atom. The number of aromatic nitrogens is 1. The number of fused-ring (bicyclic) bond motifs is 2. The number of quaternary nitrogens is 1. The molecule has 0 saturated carbocycles. The van der Waals surface area contributed by atoms with Gasteiger partial charge >= 0.3 is 0 Å². The molecule has 0 saturated heterocycles. The smallest absolute Gasteiger partial charge is 0.282 e. The van der Waals surface area contributed by atoms with Crippen LogP contribution in [0.3, 0.4) is 0 Å². The topological polar surface area (TPSA) is 10.4 Å². The average Bonchev–Trinajstić information content (AvgIpc) is 3.32. The molecule has 0 atom stereocenters. The van der Waals surface area contributed by atoms with Crippen LogP contribution in [-0.2, 0) is 39.3 Å². The molecule has 6 rings (SSSR count). The fourth-order valence-corrected chi connectivity index (χ4v) is 7.06. The summed E-state index contributed by atoms with van der Waals surface area (Å²) in [5, 5.41) is 2.49. The van der Waals surface area contributed by atoms with Gasteiger partial charge in [0.05, 0.1) is 44.9 Å². The molecule has 0 unspecified atom stereocenters. The van der Waals surface area contributed by atoms with Gasteiger partial charge in [0, 0.05) is 68.1 Å². The summed E-state index contributed by atoms with van der Waals surface area (Å²) < 4.78 is 3.39. The third-order valence-corrected chi connectivity index (χ3v) is 9.30. The molecule has 1 aliphatic heterocycles. The Kier molecular flexibility index (Phi) is 10.1. The van der Waals surface area contributed by atoms with Crippen molar-refractivity contribution >= 4 is 40.2 Å². The molecule has 4 nitrogen and oxygen atoms in total. The maximum atomic E-state index is 2.43. The van der Waals surface area contributed by atoms with Crippen molar-refractivity contribution in [2.24, 2.45) is 0 Å². The van der Waals surface area contributed by atoms with Crippen molar-refractivity contribution in [3.05, 3.63) is 131 Å². The van der Waals surface area contributed by atoms with E-state index >= 15 is 0 Å². The summed E-state index contributed by atoms with van der Waals surface area (Å²) >= 11 is 1.84. The molecule has 5 aromatic rings. The molecule has 6 heteroatoms. The molecule has 0 fully saturated rings. The van der Waals surface area contributed by atoms with Crippen molar-refractivity contribution in [1.29, 1.82) is 0 Å². The van der Waals surface area contributed by atoms with Crippen LogP contribution in [0.2, 0.25) is 0 Å². The zero-order chi connectivity index (χ0) is 29.1. The van der Waals surface area contributed by atoms with Crippen LogP contribution >= 0.6 is 11.8 Å². The van der Waals surface area contributed by atoms with Gasteiger partial charge in [0.2, 0.25) is 0 Å². The van der Waals surface area contributed by atoms with Crippen molar-refractivity contribution in [2.45, 2.75) is 17.9 Å². The first-order valence-corrected chi connectivity index (χ1v) is 15.5. The molecule has 4 aromatic carbocycles. The van der Waals surface area contributed by atoms with Crippen molar-refractivity contribution < 1.29 is 41.8 Å². The van der Waals surface area contributed by atoms with Crippen LogP contribution in [0.15, 0.2) is 125 Å². The van der Waals surface area contributed by atoms with E-state index in [1.807, 2.05) is 11.8 Å². The molecule has 1 aliphatic rings. The van der Waals surface area contributed by atoms with E-state index in [0.29, 0.717) is 0 Å². The fourth-order valence-electron chi connectivity index (χ4n) is 5.95. The van der Waals surface area contributed by atoms with Crippen LogP contribution in [0, 0.1) is 0 Å². The zero-order valence-electron chi connectivity index (χ0n) is 25.6. The van der Waals surface area contributed by atoms with Gasteiger partial charge in [-0.25, -0.2) is 0 Å². The summed E-state index contributed by atoms with van der Waals surface area (Å²) in [4.78, 5) is 6.05. The molecule has 215 valence electrons. The van der Waals surface area contributed by atoms with E-state index in [1.54, 1.807) is 0 Å². The Morgan fingerprint density at radius 1 is 0.837 bits per heavy atom. The molecule has 2 heterocycles. The first-order chi connectivity index (χ1) is 20.4. The Hall–Kier alpha value is -2.96. The van der Waals surface area contributed by atoms with Gasteiger partial charge in [-0.1, -0.05) is 90.6 Å². The minimum absolute atomic E-state index is 0. The Balaban J connectivity index is 0.00000368. The Morgan fingerprint density at radius 2 is 1.49 bits per heavy atom. The van der Waals surface area contributed by atoms with Crippen LogP contribution < -0.4 is 14.4 Å².